The Labute approximate surface area is 180 Å². The van der Waals surface area contributed by atoms with Crippen molar-refractivity contribution in [2.75, 3.05) is 26.4 Å². The summed E-state index contributed by atoms with van der Waals surface area (Å²) in [5.41, 5.74) is 0.814. The molecule has 4 heterocycles. The Hall–Kier alpha value is -3.04. The minimum absolute atomic E-state index is 0.239. The number of pyridine rings is 1. The second-order valence-electron chi connectivity index (χ2n) is 7.80. The molecule has 0 bridgehead atoms. The first-order chi connectivity index (χ1) is 15.2. The van der Waals surface area contributed by atoms with Crippen LogP contribution in [0.4, 0.5) is 4.79 Å². The zero-order valence-corrected chi connectivity index (χ0v) is 17.2. The van der Waals surface area contributed by atoms with Gasteiger partial charge in [0.15, 0.2) is 23.7 Å². The highest BCUT2D eigenvalue weighted by molar-refractivity contribution is 5.74. The summed E-state index contributed by atoms with van der Waals surface area (Å²) in [5.74, 6) is 2.11. The lowest BCUT2D eigenvalue weighted by molar-refractivity contribution is 0.0299. The van der Waals surface area contributed by atoms with E-state index in [1.165, 1.54) is 0 Å². The molecule has 2 N–H and O–H groups in total. The molecular formula is C22H25N3O6. The molecule has 1 unspecified atom stereocenters. The number of amides is 2. The molecule has 2 aromatic rings. The summed E-state index contributed by atoms with van der Waals surface area (Å²) >= 11 is 0. The summed E-state index contributed by atoms with van der Waals surface area (Å²) in [6.07, 6.45) is 0.738. The molecular weight excluding hydrogens is 402 g/mol. The van der Waals surface area contributed by atoms with Crippen molar-refractivity contribution in [2.45, 2.75) is 37.4 Å². The van der Waals surface area contributed by atoms with Gasteiger partial charge in [0.25, 0.3) is 0 Å². The second-order valence-corrected chi connectivity index (χ2v) is 7.80. The SMILES string of the molecule is Cc1ncccc1O[C@H]1CO[C@H]2[C@@H]1OC[C@@H]2NC(=O)NCC1COc2ccccc2O1. The van der Waals surface area contributed by atoms with Crippen LogP contribution in [0.15, 0.2) is 42.6 Å². The van der Waals surface area contributed by atoms with E-state index in [1.807, 2.05) is 43.3 Å². The molecule has 2 fully saturated rings. The maximum Gasteiger partial charge on any atom is 0.315 e. The van der Waals surface area contributed by atoms with Crippen LogP contribution in [0.3, 0.4) is 0 Å². The normalized spacial score (nSPS) is 28.6. The van der Waals surface area contributed by atoms with Gasteiger partial charge in [-0.15, -0.1) is 0 Å². The Morgan fingerprint density at radius 3 is 2.81 bits per heavy atom. The maximum atomic E-state index is 12.4. The third kappa shape index (κ3) is 4.24. The van der Waals surface area contributed by atoms with E-state index in [-0.39, 0.29) is 36.5 Å². The maximum absolute atomic E-state index is 12.4. The molecule has 164 valence electrons. The topological polar surface area (TPSA) is 100 Å². The van der Waals surface area contributed by atoms with Crippen LogP contribution in [-0.2, 0) is 9.47 Å². The standard InChI is InChI=1S/C22H25N3O6/c1-13-16(7-4-8-23-13)31-19-12-29-20-15(11-28-21(19)20)25-22(26)24-9-14-10-27-17-5-2-3-6-18(17)30-14/h2-8,14-15,19-21H,9-12H2,1H3,(H2,24,25,26)/t14?,15-,19-,20+,21+/m0/s1. The van der Waals surface area contributed by atoms with Crippen molar-refractivity contribution in [1.29, 1.82) is 0 Å². The summed E-state index contributed by atoms with van der Waals surface area (Å²) in [4.78, 5) is 16.7. The van der Waals surface area contributed by atoms with E-state index in [0.717, 1.165) is 5.69 Å². The van der Waals surface area contributed by atoms with Crippen molar-refractivity contribution in [3.63, 3.8) is 0 Å². The lowest BCUT2D eigenvalue weighted by atomic mass is 10.1. The Morgan fingerprint density at radius 2 is 1.94 bits per heavy atom. The van der Waals surface area contributed by atoms with Crippen LogP contribution in [0, 0.1) is 6.92 Å². The van der Waals surface area contributed by atoms with E-state index in [2.05, 4.69) is 15.6 Å². The summed E-state index contributed by atoms with van der Waals surface area (Å²) in [6, 6.07) is 10.6. The Bertz CT molecular complexity index is 941. The third-order valence-corrected chi connectivity index (χ3v) is 5.62. The van der Waals surface area contributed by atoms with Crippen molar-refractivity contribution in [3.05, 3.63) is 48.3 Å². The van der Waals surface area contributed by atoms with E-state index in [4.69, 9.17) is 23.7 Å². The van der Waals surface area contributed by atoms with Crippen molar-refractivity contribution in [1.82, 2.24) is 15.6 Å². The van der Waals surface area contributed by atoms with Gasteiger partial charge in [-0.25, -0.2) is 4.79 Å². The third-order valence-electron chi connectivity index (χ3n) is 5.62. The predicted octanol–water partition coefficient (Wildman–Crippen LogP) is 1.44. The Kier molecular flexibility index (Phi) is 5.52. The van der Waals surface area contributed by atoms with Gasteiger partial charge >= 0.3 is 6.03 Å². The zero-order chi connectivity index (χ0) is 21.2. The average molecular weight is 427 g/mol. The van der Waals surface area contributed by atoms with E-state index >= 15 is 0 Å². The van der Waals surface area contributed by atoms with Crippen LogP contribution < -0.4 is 24.8 Å². The van der Waals surface area contributed by atoms with Crippen molar-refractivity contribution < 1.29 is 28.5 Å². The van der Waals surface area contributed by atoms with Gasteiger partial charge < -0.3 is 34.3 Å². The molecule has 5 rings (SSSR count). The number of nitrogens with zero attached hydrogens (tertiary/aromatic N) is 1. The molecule has 3 aliphatic rings. The molecule has 0 saturated carbocycles. The predicted molar refractivity (Wildman–Crippen MR) is 110 cm³/mol. The molecule has 9 heteroatoms. The zero-order valence-electron chi connectivity index (χ0n) is 17.2. The first kappa shape index (κ1) is 19.9. The first-order valence-electron chi connectivity index (χ1n) is 10.4. The first-order valence-corrected chi connectivity index (χ1v) is 10.4. The highest BCUT2D eigenvalue weighted by Gasteiger charge is 2.49. The second kappa shape index (κ2) is 8.60. The fourth-order valence-corrected chi connectivity index (χ4v) is 4.04. The molecule has 9 nitrogen and oxygen atoms in total. The van der Waals surface area contributed by atoms with Gasteiger partial charge in [0, 0.05) is 6.20 Å². The van der Waals surface area contributed by atoms with Crippen LogP contribution in [0.1, 0.15) is 5.69 Å². The number of fused-ring (bicyclic) bond motifs is 2. The number of hydrogen-bond acceptors (Lipinski definition) is 7. The number of carbonyl (C=O) groups excluding carboxylic acids is 1. The molecule has 2 amide bonds. The minimum Gasteiger partial charge on any atom is -0.486 e. The molecule has 1 aromatic heterocycles. The fourth-order valence-electron chi connectivity index (χ4n) is 4.04. The molecule has 3 aliphatic heterocycles. The van der Waals surface area contributed by atoms with E-state index in [1.54, 1.807) is 6.20 Å². The molecule has 0 aliphatic carbocycles. The number of para-hydroxylation sites is 2. The van der Waals surface area contributed by atoms with Gasteiger partial charge in [-0.1, -0.05) is 12.1 Å². The minimum atomic E-state index is -0.298. The van der Waals surface area contributed by atoms with Crippen LogP contribution in [-0.4, -0.2) is 67.8 Å². The van der Waals surface area contributed by atoms with Crippen molar-refractivity contribution >= 4 is 6.03 Å². The number of aromatic nitrogens is 1. The highest BCUT2D eigenvalue weighted by atomic mass is 16.6. The number of nitrogens with one attached hydrogen (secondary N) is 2. The van der Waals surface area contributed by atoms with Gasteiger partial charge in [0.05, 0.1) is 31.5 Å². The molecule has 5 atom stereocenters. The molecule has 2 saturated heterocycles. The number of carbonyl (C=O) groups is 1. The summed E-state index contributed by atoms with van der Waals surface area (Å²) in [7, 11) is 0. The van der Waals surface area contributed by atoms with Gasteiger partial charge in [-0.05, 0) is 31.2 Å². The van der Waals surface area contributed by atoms with Crippen LogP contribution in [0.5, 0.6) is 17.2 Å². The number of rotatable bonds is 5. The van der Waals surface area contributed by atoms with Gasteiger partial charge in [0.1, 0.15) is 24.6 Å². The fraction of sp³-hybridized carbons (Fsp3) is 0.455. The monoisotopic (exact) mass is 427 g/mol. The van der Waals surface area contributed by atoms with E-state index in [0.29, 0.717) is 43.6 Å². The summed E-state index contributed by atoms with van der Waals surface area (Å²) < 4.78 is 29.4. The van der Waals surface area contributed by atoms with Gasteiger partial charge in [0.2, 0.25) is 0 Å². The summed E-state index contributed by atoms with van der Waals surface area (Å²) in [6.45, 7) is 3.37. The number of benzene rings is 1. The van der Waals surface area contributed by atoms with Gasteiger partial charge in [-0.3, -0.25) is 4.98 Å². The molecule has 31 heavy (non-hydrogen) atoms. The Morgan fingerprint density at radius 1 is 1.10 bits per heavy atom. The molecule has 0 spiro atoms. The van der Waals surface area contributed by atoms with E-state index in [9.17, 15) is 4.79 Å². The van der Waals surface area contributed by atoms with Crippen LogP contribution in [0.2, 0.25) is 0 Å². The molecule has 1 aromatic carbocycles. The largest absolute Gasteiger partial charge is 0.486 e. The van der Waals surface area contributed by atoms with Crippen molar-refractivity contribution in [3.8, 4) is 17.2 Å². The highest BCUT2D eigenvalue weighted by Crippen LogP contribution is 2.31. The quantitative estimate of drug-likeness (QED) is 0.745. The van der Waals surface area contributed by atoms with Crippen molar-refractivity contribution in [2.24, 2.45) is 0 Å². The van der Waals surface area contributed by atoms with E-state index < -0.39 is 0 Å². The Balaban J connectivity index is 1.10. The van der Waals surface area contributed by atoms with Crippen LogP contribution >= 0.6 is 0 Å². The molecule has 0 radical (unpaired) electrons. The number of hydrogen-bond donors (Lipinski definition) is 2. The number of aryl methyl sites for hydroxylation is 1. The number of ether oxygens (including phenoxy) is 5. The lowest BCUT2D eigenvalue weighted by Crippen LogP contribution is -2.51. The lowest BCUT2D eigenvalue weighted by Gasteiger charge is -2.27. The van der Waals surface area contributed by atoms with Crippen LogP contribution in [0.25, 0.3) is 0 Å². The smallest absolute Gasteiger partial charge is 0.315 e. The number of urea groups is 1. The van der Waals surface area contributed by atoms with Gasteiger partial charge in [-0.2, -0.15) is 0 Å². The summed E-state index contributed by atoms with van der Waals surface area (Å²) in [5, 5.41) is 5.78. The average Bonchev–Trinajstić information content (AvgIpc) is 3.37.